The van der Waals surface area contributed by atoms with Gasteiger partial charge in [-0.1, -0.05) is 6.92 Å². The van der Waals surface area contributed by atoms with E-state index in [1.165, 1.54) is 0 Å². The molecule has 1 atom stereocenters. The Hall–Kier alpha value is -0.610. The van der Waals surface area contributed by atoms with Gasteiger partial charge in [0.05, 0.1) is 0 Å². The number of carbonyl (C=O) groups is 1. The Morgan fingerprint density at radius 3 is 2.79 bits per heavy atom. The molecule has 0 aromatic heterocycles. The third kappa shape index (κ3) is 3.27. The number of likely N-dealkylation sites (N-methyl/N-ethyl adjacent to an activating group) is 2. The predicted octanol–water partition coefficient (Wildman–Crippen LogP) is 0.487. The van der Waals surface area contributed by atoms with Crippen molar-refractivity contribution in [1.82, 2.24) is 9.80 Å². The number of piperazine rings is 1. The molecule has 1 heterocycles. The molecular weight excluding hydrogens is 180 g/mol. The van der Waals surface area contributed by atoms with Crippen molar-refractivity contribution < 1.29 is 9.90 Å². The summed E-state index contributed by atoms with van der Waals surface area (Å²) in [5.74, 6) is -0.688. The summed E-state index contributed by atoms with van der Waals surface area (Å²) in [7, 11) is 2.08. The van der Waals surface area contributed by atoms with Crippen LogP contribution >= 0.6 is 0 Å². The molecule has 0 bridgehead atoms. The fraction of sp³-hybridized carbons (Fsp3) is 0.900. The van der Waals surface area contributed by atoms with E-state index in [1.54, 1.807) is 0 Å². The SMILES string of the molecule is CCN1CCN(C)C(CCC(=O)O)C1. The molecule has 0 aromatic carbocycles. The van der Waals surface area contributed by atoms with Crippen LogP contribution in [-0.4, -0.2) is 60.1 Å². The van der Waals surface area contributed by atoms with Gasteiger partial charge in [-0.3, -0.25) is 4.79 Å². The van der Waals surface area contributed by atoms with Crippen molar-refractivity contribution in [2.24, 2.45) is 0 Å². The summed E-state index contributed by atoms with van der Waals surface area (Å²) in [5.41, 5.74) is 0. The number of carboxylic acids is 1. The fourth-order valence-electron chi connectivity index (χ4n) is 1.90. The lowest BCUT2D eigenvalue weighted by molar-refractivity contribution is -0.137. The van der Waals surface area contributed by atoms with Crippen LogP contribution in [0.5, 0.6) is 0 Å². The molecule has 4 nitrogen and oxygen atoms in total. The highest BCUT2D eigenvalue weighted by molar-refractivity contribution is 5.66. The van der Waals surface area contributed by atoms with E-state index in [9.17, 15) is 4.79 Å². The molecular formula is C10H20N2O2. The van der Waals surface area contributed by atoms with Gasteiger partial charge in [0.15, 0.2) is 0 Å². The molecule has 0 radical (unpaired) electrons. The molecule has 14 heavy (non-hydrogen) atoms. The van der Waals surface area contributed by atoms with Gasteiger partial charge in [0.2, 0.25) is 0 Å². The van der Waals surface area contributed by atoms with E-state index in [-0.39, 0.29) is 6.42 Å². The zero-order chi connectivity index (χ0) is 10.6. The zero-order valence-corrected chi connectivity index (χ0v) is 9.07. The standard InChI is InChI=1S/C10H20N2O2/c1-3-12-7-6-11(2)9(8-12)4-5-10(13)14/h9H,3-8H2,1-2H3,(H,13,14). The molecule has 1 aliphatic rings. The summed E-state index contributed by atoms with van der Waals surface area (Å²) in [6.07, 6.45) is 1.05. The highest BCUT2D eigenvalue weighted by Crippen LogP contribution is 2.12. The van der Waals surface area contributed by atoms with E-state index in [1.807, 2.05) is 0 Å². The van der Waals surface area contributed by atoms with Crippen molar-refractivity contribution in [1.29, 1.82) is 0 Å². The van der Waals surface area contributed by atoms with Crippen LogP contribution in [-0.2, 0) is 4.79 Å². The summed E-state index contributed by atoms with van der Waals surface area (Å²) < 4.78 is 0. The van der Waals surface area contributed by atoms with Gasteiger partial charge in [-0.05, 0) is 20.0 Å². The molecule has 1 unspecified atom stereocenters. The van der Waals surface area contributed by atoms with Crippen molar-refractivity contribution in [3.63, 3.8) is 0 Å². The first kappa shape index (κ1) is 11.5. The molecule has 0 aromatic rings. The monoisotopic (exact) mass is 200 g/mol. The topological polar surface area (TPSA) is 43.8 Å². The van der Waals surface area contributed by atoms with Crippen LogP contribution in [0.25, 0.3) is 0 Å². The summed E-state index contributed by atoms with van der Waals surface area (Å²) >= 11 is 0. The van der Waals surface area contributed by atoms with Crippen LogP contribution in [0.1, 0.15) is 19.8 Å². The molecule has 1 aliphatic heterocycles. The van der Waals surface area contributed by atoms with Crippen LogP contribution in [0.2, 0.25) is 0 Å². The van der Waals surface area contributed by atoms with Crippen LogP contribution in [0.3, 0.4) is 0 Å². The minimum Gasteiger partial charge on any atom is -0.481 e. The lowest BCUT2D eigenvalue weighted by Crippen LogP contribution is -2.51. The molecule has 0 aliphatic carbocycles. The van der Waals surface area contributed by atoms with E-state index in [4.69, 9.17) is 5.11 Å². The molecule has 82 valence electrons. The van der Waals surface area contributed by atoms with Crippen molar-refractivity contribution >= 4 is 5.97 Å². The molecule has 0 amide bonds. The number of rotatable bonds is 4. The summed E-state index contributed by atoms with van der Waals surface area (Å²) in [5, 5.41) is 8.62. The Labute approximate surface area is 85.5 Å². The van der Waals surface area contributed by atoms with E-state index < -0.39 is 5.97 Å². The van der Waals surface area contributed by atoms with Crippen LogP contribution in [0.4, 0.5) is 0 Å². The molecule has 0 spiro atoms. The average molecular weight is 200 g/mol. The first-order chi connectivity index (χ1) is 6.63. The lowest BCUT2D eigenvalue weighted by Gasteiger charge is -2.38. The minimum absolute atomic E-state index is 0.284. The van der Waals surface area contributed by atoms with Crippen LogP contribution in [0, 0.1) is 0 Å². The first-order valence-corrected chi connectivity index (χ1v) is 5.28. The Balaban J connectivity index is 2.36. The fourth-order valence-corrected chi connectivity index (χ4v) is 1.90. The van der Waals surface area contributed by atoms with Crippen molar-refractivity contribution in [2.45, 2.75) is 25.8 Å². The number of aliphatic carboxylic acids is 1. The van der Waals surface area contributed by atoms with E-state index >= 15 is 0 Å². The van der Waals surface area contributed by atoms with Gasteiger partial charge in [-0.15, -0.1) is 0 Å². The van der Waals surface area contributed by atoms with Gasteiger partial charge in [-0.2, -0.15) is 0 Å². The van der Waals surface area contributed by atoms with Gasteiger partial charge >= 0.3 is 5.97 Å². The number of hydrogen-bond donors (Lipinski definition) is 1. The second kappa shape index (κ2) is 5.32. The molecule has 1 N–H and O–H groups in total. The van der Waals surface area contributed by atoms with Crippen LogP contribution in [0.15, 0.2) is 0 Å². The Morgan fingerprint density at radius 2 is 2.21 bits per heavy atom. The number of hydrogen-bond acceptors (Lipinski definition) is 3. The lowest BCUT2D eigenvalue weighted by atomic mass is 10.1. The van der Waals surface area contributed by atoms with E-state index in [2.05, 4.69) is 23.8 Å². The van der Waals surface area contributed by atoms with Gasteiger partial charge in [0.1, 0.15) is 0 Å². The summed E-state index contributed by atoms with van der Waals surface area (Å²) in [4.78, 5) is 15.1. The smallest absolute Gasteiger partial charge is 0.303 e. The molecule has 0 saturated carbocycles. The zero-order valence-electron chi connectivity index (χ0n) is 9.07. The predicted molar refractivity (Wildman–Crippen MR) is 55.4 cm³/mol. The van der Waals surface area contributed by atoms with E-state index in [0.717, 1.165) is 32.6 Å². The third-order valence-corrected chi connectivity index (χ3v) is 3.00. The van der Waals surface area contributed by atoms with Crippen LogP contribution < -0.4 is 0 Å². The van der Waals surface area contributed by atoms with Gasteiger partial charge in [0.25, 0.3) is 0 Å². The van der Waals surface area contributed by atoms with Crippen molar-refractivity contribution in [3.05, 3.63) is 0 Å². The molecule has 1 saturated heterocycles. The summed E-state index contributed by atoms with van der Waals surface area (Å²) in [6, 6.07) is 0.416. The molecule has 4 heteroatoms. The molecule has 1 rings (SSSR count). The molecule has 1 fully saturated rings. The normalized spacial score (nSPS) is 25.1. The van der Waals surface area contributed by atoms with E-state index in [0.29, 0.717) is 6.04 Å². The third-order valence-electron chi connectivity index (χ3n) is 3.00. The summed E-state index contributed by atoms with van der Waals surface area (Å²) in [6.45, 7) is 6.39. The second-order valence-corrected chi connectivity index (χ2v) is 3.96. The highest BCUT2D eigenvalue weighted by Gasteiger charge is 2.23. The first-order valence-electron chi connectivity index (χ1n) is 5.28. The second-order valence-electron chi connectivity index (χ2n) is 3.96. The number of nitrogens with zero attached hydrogens (tertiary/aromatic N) is 2. The van der Waals surface area contributed by atoms with Crippen molar-refractivity contribution in [3.8, 4) is 0 Å². The Bertz CT molecular complexity index is 197. The van der Waals surface area contributed by atoms with Gasteiger partial charge < -0.3 is 14.9 Å². The maximum Gasteiger partial charge on any atom is 0.303 e. The largest absolute Gasteiger partial charge is 0.481 e. The Morgan fingerprint density at radius 1 is 1.50 bits per heavy atom. The Kier molecular flexibility index (Phi) is 4.35. The van der Waals surface area contributed by atoms with Gasteiger partial charge in [0, 0.05) is 32.1 Å². The maximum atomic E-state index is 10.5. The van der Waals surface area contributed by atoms with Crippen molar-refractivity contribution in [2.75, 3.05) is 33.2 Å². The van der Waals surface area contributed by atoms with Gasteiger partial charge in [-0.25, -0.2) is 0 Å². The maximum absolute atomic E-state index is 10.5. The minimum atomic E-state index is -0.688. The number of carboxylic acid groups (broad SMARTS) is 1. The highest BCUT2D eigenvalue weighted by atomic mass is 16.4. The quantitative estimate of drug-likeness (QED) is 0.717. The average Bonchev–Trinajstić information content (AvgIpc) is 2.16.